The van der Waals surface area contributed by atoms with Crippen LogP contribution in [0, 0.1) is 0 Å². The number of hydrogen-bond donors (Lipinski definition) is 1. The van der Waals surface area contributed by atoms with Crippen molar-refractivity contribution in [2.75, 3.05) is 5.73 Å². The summed E-state index contributed by atoms with van der Waals surface area (Å²) in [4.78, 5) is 12.5. The van der Waals surface area contributed by atoms with E-state index in [-0.39, 0.29) is 0 Å². The number of anilines is 1. The summed E-state index contributed by atoms with van der Waals surface area (Å²) in [5.74, 6) is 0.462. The molecule has 3 aromatic heterocycles. The molecule has 17 heavy (non-hydrogen) atoms. The topological polar surface area (TPSA) is 82.0 Å². The van der Waals surface area contributed by atoms with Gasteiger partial charge in [0.05, 0.1) is 5.39 Å². The average Bonchev–Trinajstić information content (AvgIpc) is 2.82. The van der Waals surface area contributed by atoms with Crippen molar-refractivity contribution < 1.29 is 0 Å². The predicted molar refractivity (Wildman–Crippen MR) is 71.2 cm³/mol. The molecule has 3 heterocycles. The fourth-order valence-corrected chi connectivity index (χ4v) is 1.66. The minimum Gasteiger partial charge on any atom is -0.383 e. The van der Waals surface area contributed by atoms with Gasteiger partial charge in [0.15, 0.2) is 11.3 Å². The van der Waals surface area contributed by atoms with E-state index in [0.717, 1.165) is 16.3 Å². The van der Waals surface area contributed by atoms with Crippen molar-refractivity contribution >= 4 is 37.0 Å². The van der Waals surface area contributed by atoms with Crippen molar-refractivity contribution in [2.24, 2.45) is 0 Å². The molecule has 3 rings (SSSR count). The smallest absolute Gasteiger partial charge is 0.168 e. The zero-order chi connectivity index (χ0) is 12.4. The van der Waals surface area contributed by atoms with Gasteiger partial charge in [0.1, 0.15) is 18.5 Å². The summed E-state index contributed by atoms with van der Waals surface area (Å²) in [5, 5.41) is 5.67. The van der Waals surface area contributed by atoms with Crippen LogP contribution in [0.25, 0.3) is 16.7 Å². The van der Waals surface area contributed by atoms with E-state index >= 15 is 0 Å². The monoisotopic (exact) mass is 248 g/mol. The van der Waals surface area contributed by atoms with Crippen LogP contribution in [0.1, 0.15) is 13.8 Å². The van der Waals surface area contributed by atoms with Gasteiger partial charge in [-0.1, -0.05) is 13.8 Å². The standard InChI is InChI=1S/C8H7N6P.C2H6/c9-6-5(15)1-4-7(13-6)11-3-14-8(4)10-2-12-14;1-2/h1-3H,15H2,(H2,9,13);1-2H3. The van der Waals surface area contributed by atoms with Crippen LogP contribution in [-0.4, -0.2) is 24.6 Å². The molecule has 0 spiro atoms. The molecule has 1 unspecified atom stereocenters. The van der Waals surface area contributed by atoms with Gasteiger partial charge in [-0.05, 0) is 6.07 Å². The molecule has 88 valence electrons. The Kier molecular flexibility index (Phi) is 3.15. The number of nitrogen functional groups attached to an aromatic ring is 1. The second kappa shape index (κ2) is 4.59. The van der Waals surface area contributed by atoms with Gasteiger partial charge in [-0.15, -0.1) is 9.24 Å². The van der Waals surface area contributed by atoms with Crippen molar-refractivity contribution in [3.05, 3.63) is 18.7 Å². The summed E-state index contributed by atoms with van der Waals surface area (Å²) in [6, 6.07) is 1.89. The van der Waals surface area contributed by atoms with E-state index < -0.39 is 0 Å². The molecule has 0 saturated heterocycles. The van der Waals surface area contributed by atoms with E-state index in [1.807, 2.05) is 19.9 Å². The van der Waals surface area contributed by atoms with Gasteiger partial charge in [-0.3, -0.25) is 0 Å². The zero-order valence-corrected chi connectivity index (χ0v) is 10.8. The molecule has 0 bridgehead atoms. The first-order chi connectivity index (χ1) is 8.25. The third kappa shape index (κ3) is 1.91. The quantitative estimate of drug-likeness (QED) is 0.594. The first kappa shape index (κ1) is 11.7. The Morgan fingerprint density at radius 3 is 2.82 bits per heavy atom. The van der Waals surface area contributed by atoms with Crippen LogP contribution in [0.15, 0.2) is 18.7 Å². The first-order valence-electron chi connectivity index (χ1n) is 5.26. The van der Waals surface area contributed by atoms with Crippen molar-refractivity contribution in [1.82, 2.24) is 24.6 Å². The Hall–Kier alpha value is -1.81. The molecule has 0 saturated carbocycles. The minimum atomic E-state index is 0.462. The Morgan fingerprint density at radius 1 is 1.29 bits per heavy atom. The molecule has 1 atom stereocenters. The second-order valence-electron chi connectivity index (χ2n) is 3.11. The fourth-order valence-electron chi connectivity index (χ4n) is 1.43. The number of nitrogens with two attached hydrogens (primary N) is 1. The number of rotatable bonds is 0. The largest absolute Gasteiger partial charge is 0.383 e. The Bertz CT molecular complexity index is 662. The van der Waals surface area contributed by atoms with E-state index in [4.69, 9.17) is 5.73 Å². The molecule has 0 aliphatic carbocycles. The number of pyridine rings is 1. The van der Waals surface area contributed by atoms with Gasteiger partial charge < -0.3 is 5.73 Å². The number of hydrogen-bond acceptors (Lipinski definition) is 5. The molecule has 6 nitrogen and oxygen atoms in total. The first-order valence-corrected chi connectivity index (χ1v) is 5.83. The minimum absolute atomic E-state index is 0.462. The van der Waals surface area contributed by atoms with Crippen LogP contribution >= 0.6 is 9.24 Å². The summed E-state index contributed by atoms with van der Waals surface area (Å²) >= 11 is 0. The molecule has 3 aromatic rings. The zero-order valence-electron chi connectivity index (χ0n) is 9.62. The highest BCUT2D eigenvalue weighted by Gasteiger charge is 2.07. The van der Waals surface area contributed by atoms with Crippen LogP contribution in [-0.2, 0) is 0 Å². The maximum atomic E-state index is 5.69. The number of aromatic nitrogens is 5. The summed E-state index contributed by atoms with van der Waals surface area (Å²) < 4.78 is 1.60. The third-order valence-electron chi connectivity index (χ3n) is 2.17. The lowest BCUT2D eigenvalue weighted by Crippen LogP contribution is -2.06. The van der Waals surface area contributed by atoms with Crippen LogP contribution in [0.3, 0.4) is 0 Å². The van der Waals surface area contributed by atoms with E-state index in [1.165, 1.54) is 6.33 Å². The molecule has 0 radical (unpaired) electrons. The van der Waals surface area contributed by atoms with Crippen LogP contribution < -0.4 is 11.0 Å². The van der Waals surface area contributed by atoms with Gasteiger partial charge in [-0.2, -0.15) is 5.10 Å². The normalized spacial score (nSPS) is 10.3. The van der Waals surface area contributed by atoms with Gasteiger partial charge in [0.2, 0.25) is 0 Å². The Morgan fingerprint density at radius 2 is 2.06 bits per heavy atom. The van der Waals surface area contributed by atoms with Crippen LogP contribution in [0.5, 0.6) is 0 Å². The van der Waals surface area contributed by atoms with E-state index in [9.17, 15) is 0 Å². The van der Waals surface area contributed by atoms with Crippen molar-refractivity contribution in [3.63, 3.8) is 0 Å². The van der Waals surface area contributed by atoms with Gasteiger partial charge in [-0.25, -0.2) is 19.5 Å². The Balaban J connectivity index is 0.000000514. The predicted octanol–water partition coefficient (Wildman–Crippen LogP) is 0.781. The molecule has 0 amide bonds. The number of nitrogens with zero attached hydrogens (tertiary/aromatic N) is 5. The summed E-state index contributed by atoms with van der Waals surface area (Å²) in [5.41, 5.74) is 7.01. The molecule has 0 fully saturated rings. The van der Waals surface area contributed by atoms with E-state index in [1.54, 1.807) is 10.8 Å². The number of fused-ring (bicyclic) bond motifs is 3. The molecule has 0 aliphatic heterocycles. The molecule has 0 aromatic carbocycles. The molecule has 2 N–H and O–H groups in total. The third-order valence-corrected chi connectivity index (χ3v) is 2.63. The van der Waals surface area contributed by atoms with Gasteiger partial charge >= 0.3 is 0 Å². The summed E-state index contributed by atoms with van der Waals surface area (Å²) in [6.45, 7) is 4.00. The highest BCUT2D eigenvalue weighted by Crippen LogP contribution is 2.15. The van der Waals surface area contributed by atoms with Crippen LogP contribution in [0.2, 0.25) is 0 Å². The Labute approximate surface area is 100 Å². The van der Waals surface area contributed by atoms with Crippen LogP contribution in [0.4, 0.5) is 5.82 Å². The van der Waals surface area contributed by atoms with E-state index in [0.29, 0.717) is 11.5 Å². The van der Waals surface area contributed by atoms with Crippen molar-refractivity contribution in [2.45, 2.75) is 13.8 Å². The maximum absolute atomic E-state index is 5.69. The lowest BCUT2D eigenvalue weighted by Gasteiger charge is -2.02. The fraction of sp³-hybridized carbons (Fsp3) is 0.200. The maximum Gasteiger partial charge on any atom is 0.168 e. The molecule has 0 aliphatic rings. The highest BCUT2D eigenvalue weighted by atomic mass is 31.0. The van der Waals surface area contributed by atoms with Crippen molar-refractivity contribution in [1.29, 1.82) is 0 Å². The summed E-state index contributed by atoms with van der Waals surface area (Å²) in [6.07, 6.45) is 3.05. The SMILES string of the molecule is CC.Nc1nc2ncn3ncnc3c2cc1P. The van der Waals surface area contributed by atoms with Gasteiger partial charge in [0, 0.05) is 5.30 Å². The van der Waals surface area contributed by atoms with Gasteiger partial charge in [0.25, 0.3) is 0 Å². The molecular formula is C10H13N6P. The van der Waals surface area contributed by atoms with E-state index in [2.05, 4.69) is 29.3 Å². The molecular weight excluding hydrogens is 235 g/mol. The van der Waals surface area contributed by atoms with Crippen molar-refractivity contribution in [3.8, 4) is 0 Å². The lowest BCUT2D eigenvalue weighted by atomic mass is 10.3. The average molecular weight is 248 g/mol. The highest BCUT2D eigenvalue weighted by molar-refractivity contribution is 7.28. The lowest BCUT2D eigenvalue weighted by molar-refractivity contribution is 0.931. The second-order valence-corrected chi connectivity index (χ2v) is 3.73. The molecule has 7 heteroatoms. The summed E-state index contributed by atoms with van der Waals surface area (Å²) in [7, 11) is 2.53.